The highest BCUT2D eigenvalue weighted by atomic mass is 32.1. The lowest BCUT2D eigenvalue weighted by Gasteiger charge is -2.16. The van der Waals surface area contributed by atoms with Gasteiger partial charge in [-0.1, -0.05) is 12.5 Å². The van der Waals surface area contributed by atoms with Crippen molar-refractivity contribution in [3.63, 3.8) is 0 Å². The maximum atomic E-state index is 13.1. The highest BCUT2D eigenvalue weighted by Gasteiger charge is 2.22. The molecule has 1 fully saturated rings. The second-order valence-corrected chi connectivity index (χ2v) is 8.19. The number of hydrogen-bond acceptors (Lipinski definition) is 7. The fourth-order valence-corrected chi connectivity index (χ4v) is 4.36. The first-order valence-electron chi connectivity index (χ1n) is 10.1. The van der Waals surface area contributed by atoms with Crippen LogP contribution in [0.2, 0.25) is 0 Å². The number of nitrogens with one attached hydrogen (secondary N) is 4. The molecule has 0 aromatic carbocycles. The summed E-state index contributed by atoms with van der Waals surface area (Å²) in [4.78, 5) is 38.5. The van der Waals surface area contributed by atoms with Crippen LogP contribution in [0, 0.1) is 0 Å². The predicted octanol–water partition coefficient (Wildman–Crippen LogP) is 3.12. The fourth-order valence-electron chi connectivity index (χ4n) is 3.32. The number of rotatable bonds is 5. The maximum absolute atomic E-state index is 13.1. The van der Waals surface area contributed by atoms with Gasteiger partial charge in [-0.25, -0.2) is 9.78 Å². The standard InChI is InChI=1S/C21H23N7O2S/c29-19(26-15-5-1-2-6-23-12-15)16-10-17(14-4-3-7-22-11-14)31-20(16)28-21(30)27-18-13-24-8-9-25-18/h3-4,7-11,13,15,23H,1-2,5-6,12H2,(H,26,29)(H2,25,27,28,30)/t15-/m0/s1. The molecule has 3 aromatic heterocycles. The van der Waals surface area contributed by atoms with E-state index in [0.29, 0.717) is 16.4 Å². The van der Waals surface area contributed by atoms with E-state index in [9.17, 15) is 9.59 Å². The molecule has 0 spiro atoms. The third kappa shape index (κ3) is 5.62. The van der Waals surface area contributed by atoms with Gasteiger partial charge >= 0.3 is 6.03 Å². The van der Waals surface area contributed by atoms with Gasteiger partial charge in [-0.05, 0) is 31.5 Å². The first-order valence-corrected chi connectivity index (χ1v) is 10.9. The number of anilines is 2. The molecule has 1 atom stereocenters. The minimum absolute atomic E-state index is 0.0537. The summed E-state index contributed by atoms with van der Waals surface area (Å²) in [6, 6.07) is 5.10. The predicted molar refractivity (Wildman–Crippen MR) is 120 cm³/mol. The van der Waals surface area contributed by atoms with E-state index >= 15 is 0 Å². The van der Waals surface area contributed by atoms with E-state index in [1.807, 2.05) is 12.1 Å². The lowest BCUT2D eigenvalue weighted by atomic mass is 10.1. The number of hydrogen-bond donors (Lipinski definition) is 4. The molecule has 4 rings (SSSR count). The lowest BCUT2D eigenvalue weighted by Crippen LogP contribution is -2.41. The minimum Gasteiger partial charge on any atom is -0.348 e. The van der Waals surface area contributed by atoms with Gasteiger partial charge in [-0.2, -0.15) is 0 Å². The van der Waals surface area contributed by atoms with Crippen LogP contribution in [0.15, 0.2) is 49.2 Å². The zero-order chi connectivity index (χ0) is 21.5. The van der Waals surface area contributed by atoms with Gasteiger partial charge < -0.3 is 10.6 Å². The Morgan fingerprint density at radius 1 is 1.10 bits per heavy atom. The van der Waals surface area contributed by atoms with Crippen LogP contribution < -0.4 is 21.3 Å². The molecule has 31 heavy (non-hydrogen) atoms. The fraction of sp³-hybridized carbons (Fsp3) is 0.286. The van der Waals surface area contributed by atoms with Crippen molar-refractivity contribution in [1.29, 1.82) is 0 Å². The van der Waals surface area contributed by atoms with Crippen molar-refractivity contribution in [3.05, 3.63) is 54.7 Å². The van der Waals surface area contributed by atoms with E-state index in [-0.39, 0.29) is 11.9 Å². The lowest BCUT2D eigenvalue weighted by molar-refractivity contribution is 0.0937. The molecule has 1 saturated heterocycles. The molecule has 10 heteroatoms. The number of aromatic nitrogens is 3. The van der Waals surface area contributed by atoms with E-state index in [1.165, 1.54) is 29.9 Å². The Labute approximate surface area is 183 Å². The van der Waals surface area contributed by atoms with Gasteiger partial charge in [0, 0.05) is 47.8 Å². The average Bonchev–Trinajstić information content (AvgIpc) is 3.03. The molecule has 0 radical (unpaired) electrons. The van der Waals surface area contributed by atoms with Crippen molar-refractivity contribution in [2.45, 2.75) is 25.3 Å². The molecule has 3 amide bonds. The molecule has 0 bridgehead atoms. The van der Waals surface area contributed by atoms with Gasteiger partial charge in [0.25, 0.3) is 5.91 Å². The summed E-state index contributed by atoms with van der Waals surface area (Å²) in [6.07, 6.45) is 11.0. The van der Waals surface area contributed by atoms with Crippen LogP contribution in [0.3, 0.4) is 0 Å². The number of nitrogens with zero attached hydrogens (tertiary/aromatic N) is 3. The average molecular weight is 438 g/mol. The van der Waals surface area contributed by atoms with E-state index in [0.717, 1.165) is 42.8 Å². The van der Waals surface area contributed by atoms with Crippen LogP contribution in [0.1, 0.15) is 29.6 Å². The first kappa shape index (κ1) is 20.9. The highest BCUT2D eigenvalue weighted by molar-refractivity contribution is 7.20. The third-order valence-electron chi connectivity index (χ3n) is 4.84. The number of carbonyl (C=O) groups excluding carboxylic acids is 2. The zero-order valence-electron chi connectivity index (χ0n) is 16.8. The number of amides is 3. The van der Waals surface area contributed by atoms with Gasteiger partial charge in [0.15, 0.2) is 5.82 Å². The molecule has 0 aliphatic carbocycles. The normalized spacial score (nSPS) is 16.2. The molecule has 160 valence electrons. The Balaban J connectivity index is 1.55. The smallest absolute Gasteiger partial charge is 0.325 e. The molecular formula is C21H23N7O2S. The van der Waals surface area contributed by atoms with Gasteiger partial charge in [0.05, 0.1) is 11.8 Å². The monoisotopic (exact) mass is 437 g/mol. The van der Waals surface area contributed by atoms with Crippen LogP contribution in [0.25, 0.3) is 10.4 Å². The Bertz CT molecular complexity index is 1020. The second-order valence-electron chi connectivity index (χ2n) is 7.14. The van der Waals surface area contributed by atoms with Gasteiger partial charge in [-0.3, -0.25) is 25.4 Å². The van der Waals surface area contributed by atoms with E-state index in [2.05, 4.69) is 36.2 Å². The molecular weight excluding hydrogens is 414 g/mol. The van der Waals surface area contributed by atoms with Crippen LogP contribution in [0.5, 0.6) is 0 Å². The van der Waals surface area contributed by atoms with Crippen LogP contribution >= 0.6 is 11.3 Å². The highest BCUT2D eigenvalue weighted by Crippen LogP contribution is 2.35. The molecule has 4 N–H and O–H groups in total. The van der Waals surface area contributed by atoms with Crippen molar-refractivity contribution in [3.8, 4) is 10.4 Å². The van der Waals surface area contributed by atoms with Crippen LogP contribution in [-0.2, 0) is 0 Å². The zero-order valence-corrected chi connectivity index (χ0v) is 17.6. The molecule has 4 heterocycles. The first-order chi connectivity index (χ1) is 15.2. The van der Waals surface area contributed by atoms with E-state index in [1.54, 1.807) is 18.5 Å². The minimum atomic E-state index is -0.495. The van der Waals surface area contributed by atoms with Crippen molar-refractivity contribution in [2.24, 2.45) is 0 Å². The van der Waals surface area contributed by atoms with Gasteiger partial charge in [-0.15, -0.1) is 11.3 Å². The number of thiophene rings is 1. The van der Waals surface area contributed by atoms with Crippen LogP contribution in [-0.4, -0.2) is 46.0 Å². The van der Waals surface area contributed by atoms with E-state index in [4.69, 9.17) is 0 Å². The maximum Gasteiger partial charge on any atom is 0.325 e. The second kappa shape index (κ2) is 10.1. The number of carbonyl (C=O) groups is 2. The Morgan fingerprint density at radius 2 is 2.00 bits per heavy atom. The molecule has 1 aliphatic rings. The summed E-state index contributed by atoms with van der Waals surface area (Å²) in [5, 5.41) is 12.3. The Kier molecular flexibility index (Phi) is 6.80. The van der Waals surface area contributed by atoms with Crippen molar-refractivity contribution >= 4 is 34.1 Å². The summed E-state index contributed by atoms with van der Waals surface area (Å²) in [7, 11) is 0. The molecule has 0 saturated carbocycles. The number of urea groups is 1. The topological polar surface area (TPSA) is 121 Å². The summed E-state index contributed by atoms with van der Waals surface area (Å²) < 4.78 is 0. The third-order valence-corrected chi connectivity index (χ3v) is 5.94. The summed E-state index contributed by atoms with van der Waals surface area (Å²) >= 11 is 1.32. The van der Waals surface area contributed by atoms with Crippen molar-refractivity contribution in [2.75, 3.05) is 23.7 Å². The Morgan fingerprint density at radius 3 is 2.81 bits per heavy atom. The van der Waals surface area contributed by atoms with Crippen molar-refractivity contribution in [1.82, 2.24) is 25.6 Å². The van der Waals surface area contributed by atoms with Gasteiger partial charge in [0.2, 0.25) is 0 Å². The summed E-state index contributed by atoms with van der Waals surface area (Å²) in [6.45, 7) is 1.70. The summed E-state index contributed by atoms with van der Waals surface area (Å²) in [5.74, 6) is 0.106. The van der Waals surface area contributed by atoms with E-state index < -0.39 is 6.03 Å². The summed E-state index contributed by atoms with van der Waals surface area (Å²) in [5.41, 5.74) is 1.29. The van der Waals surface area contributed by atoms with Crippen molar-refractivity contribution < 1.29 is 9.59 Å². The largest absolute Gasteiger partial charge is 0.348 e. The molecule has 1 aliphatic heterocycles. The Hall–Kier alpha value is -3.37. The molecule has 3 aromatic rings. The number of pyridine rings is 1. The quantitative estimate of drug-likeness (QED) is 0.487. The van der Waals surface area contributed by atoms with Crippen LogP contribution in [0.4, 0.5) is 15.6 Å². The SMILES string of the molecule is O=C(Nc1cnccn1)Nc1sc(-c2cccnc2)cc1C(=O)N[C@H]1CCCCNC1. The molecule has 0 unspecified atom stereocenters. The van der Waals surface area contributed by atoms with Gasteiger partial charge in [0.1, 0.15) is 5.00 Å². The molecule has 9 nitrogen and oxygen atoms in total.